The van der Waals surface area contributed by atoms with E-state index in [0.29, 0.717) is 54.3 Å². The number of hydrogen-bond acceptors (Lipinski definition) is 7. The van der Waals surface area contributed by atoms with Crippen LogP contribution < -0.4 is 15.0 Å². The average molecular weight is 425 g/mol. The summed E-state index contributed by atoms with van der Waals surface area (Å²) in [6.07, 6.45) is 3.57. The lowest BCUT2D eigenvalue weighted by atomic mass is 10.0. The number of hydrogen-bond donors (Lipinski definition) is 2. The molecule has 2 aliphatic rings. The molecule has 0 spiro atoms. The van der Waals surface area contributed by atoms with E-state index in [1.807, 2.05) is 0 Å². The fourth-order valence-electron chi connectivity index (χ4n) is 3.51. The second-order valence-corrected chi connectivity index (χ2v) is 7.27. The van der Waals surface area contributed by atoms with Crippen molar-refractivity contribution in [1.29, 1.82) is 0 Å². The number of halogens is 2. The molecule has 0 aromatic carbocycles. The molecule has 1 fully saturated rings. The Hall–Kier alpha value is -2.52. The number of pyridine rings is 1. The Balaban J connectivity index is 1.59. The highest BCUT2D eigenvalue weighted by Crippen LogP contribution is 2.40. The van der Waals surface area contributed by atoms with Gasteiger partial charge in [0.05, 0.1) is 17.3 Å². The first-order valence-electron chi connectivity index (χ1n) is 8.84. The molecule has 2 aromatic heterocycles. The maximum atomic E-state index is 11.1. The largest absolute Gasteiger partial charge is 0.485 e. The van der Waals surface area contributed by atoms with Crippen molar-refractivity contribution in [2.45, 2.75) is 18.9 Å². The summed E-state index contributed by atoms with van der Waals surface area (Å²) >= 11 is 12.4. The fraction of sp³-hybridized carbons (Fsp3) is 0.412. The summed E-state index contributed by atoms with van der Waals surface area (Å²) in [7, 11) is 0. The van der Waals surface area contributed by atoms with Gasteiger partial charge in [-0.2, -0.15) is 0 Å². The van der Waals surface area contributed by atoms with E-state index in [9.17, 15) is 4.79 Å². The van der Waals surface area contributed by atoms with Gasteiger partial charge in [-0.1, -0.05) is 23.2 Å². The molecule has 0 bridgehead atoms. The van der Waals surface area contributed by atoms with E-state index in [1.54, 1.807) is 6.07 Å². The van der Waals surface area contributed by atoms with E-state index >= 15 is 0 Å². The monoisotopic (exact) mass is 424 g/mol. The summed E-state index contributed by atoms with van der Waals surface area (Å²) in [5.41, 5.74) is 0.447. The van der Waals surface area contributed by atoms with Gasteiger partial charge in [0.25, 0.3) is 0 Å². The van der Waals surface area contributed by atoms with Crippen LogP contribution in [0.25, 0.3) is 0 Å². The maximum absolute atomic E-state index is 11.1. The molecule has 0 saturated carbocycles. The van der Waals surface area contributed by atoms with Crippen LogP contribution in [0.3, 0.4) is 0 Å². The quantitative estimate of drug-likeness (QED) is 0.723. The number of nitrogens with one attached hydrogen (secondary N) is 1. The Kier molecular flexibility index (Phi) is 5.27. The zero-order chi connectivity index (χ0) is 19.7. The van der Waals surface area contributed by atoms with E-state index in [1.165, 1.54) is 17.4 Å². The second kappa shape index (κ2) is 7.84. The predicted octanol–water partition coefficient (Wildman–Crippen LogP) is 3.26. The van der Waals surface area contributed by atoms with Crippen LogP contribution in [0.15, 0.2) is 18.6 Å². The molecule has 9 nitrogen and oxygen atoms in total. The van der Waals surface area contributed by atoms with Gasteiger partial charge in [0, 0.05) is 25.3 Å². The summed E-state index contributed by atoms with van der Waals surface area (Å²) in [4.78, 5) is 27.5. The van der Waals surface area contributed by atoms with Crippen LogP contribution in [0, 0.1) is 0 Å². The number of fused-ring (bicyclic) bond motifs is 1. The van der Waals surface area contributed by atoms with Gasteiger partial charge in [-0.05, 0) is 18.9 Å². The van der Waals surface area contributed by atoms with Crippen LogP contribution in [0.1, 0.15) is 12.8 Å². The van der Waals surface area contributed by atoms with Crippen LogP contribution in [-0.4, -0.2) is 63.3 Å². The third kappa shape index (κ3) is 3.59. The number of likely N-dealkylation sites (tertiary alicyclic amines) is 1. The Morgan fingerprint density at radius 2 is 2.00 bits per heavy atom. The first kappa shape index (κ1) is 18.8. The molecule has 0 aliphatic carbocycles. The Bertz CT molecular complexity index is 871. The van der Waals surface area contributed by atoms with Crippen molar-refractivity contribution in [1.82, 2.24) is 19.9 Å². The van der Waals surface area contributed by atoms with Crippen molar-refractivity contribution in [2.24, 2.45) is 0 Å². The van der Waals surface area contributed by atoms with Crippen LogP contribution in [0.5, 0.6) is 5.75 Å². The highest BCUT2D eigenvalue weighted by molar-refractivity contribution is 6.38. The van der Waals surface area contributed by atoms with Crippen molar-refractivity contribution in [3.05, 3.63) is 28.8 Å². The van der Waals surface area contributed by atoms with Crippen molar-refractivity contribution < 1.29 is 14.6 Å². The molecule has 2 aromatic rings. The number of amides is 1. The molecule has 0 atom stereocenters. The van der Waals surface area contributed by atoms with Crippen LogP contribution in [-0.2, 0) is 0 Å². The number of piperidine rings is 1. The number of carbonyl (C=O) groups is 1. The Morgan fingerprint density at radius 1 is 1.21 bits per heavy atom. The van der Waals surface area contributed by atoms with Crippen LogP contribution in [0.4, 0.5) is 22.1 Å². The summed E-state index contributed by atoms with van der Waals surface area (Å²) in [5, 5.41) is 12.9. The Labute approximate surface area is 171 Å². The highest BCUT2D eigenvalue weighted by Gasteiger charge is 2.32. The molecule has 0 unspecified atom stereocenters. The number of nitrogens with zero attached hydrogens (tertiary/aromatic N) is 5. The van der Waals surface area contributed by atoms with Crippen LogP contribution >= 0.6 is 23.2 Å². The van der Waals surface area contributed by atoms with Gasteiger partial charge in [-0.25, -0.2) is 19.7 Å². The number of rotatable bonds is 3. The van der Waals surface area contributed by atoms with Crippen molar-refractivity contribution in [3.63, 3.8) is 0 Å². The second-order valence-electron chi connectivity index (χ2n) is 6.50. The fourth-order valence-corrected chi connectivity index (χ4v) is 3.96. The number of ether oxygens (including phenoxy) is 1. The van der Waals surface area contributed by atoms with Crippen molar-refractivity contribution in [2.75, 3.05) is 36.5 Å². The molecule has 2 N–H and O–H groups in total. The minimum atomic E-state index is -0.875. The summed E-state index contributed by atoms with van der Waals surface area (Å²) < 4.78 is 5.85. The zero-order valence-electron chi connectivity index (χ0n) is 14.8. The summed E-state index contributed by atoms with van der Waals surface area (Å²) in [6, 6.07) is 1.82. The lowest BCUT2D eigenvalue weighted by Crippen LogP contribution is -2.49. The molecule has 2 aliphatic heterocycles. The van der Waals surface area contributed by atoms with E-state index in [0.717, 1.165) is 12.8 Å². The van der Waals surface area contributed by atoms with E-state index < -0.39 is 6.09 Å². The van der Waals surface area contributed by atoms with Gasteiger partial charge in [-0.3, -0.25) is 0 Å². The topological polar surface area (TPSA) is 104 Å². The first-order chi connectivity index (χ1) is 13.5. The molecule has 28 heavy (non-hydrogen) atoms. The highest BCUT2D eigenvalue weighted by atomic mass is 35.5. The molecular weight excluding hydrogens is 407 g/mol. The lowest BCUT2D eigenvalue weighted by Gasteiger charge is -2.40. The van der Waals surface area contributed by atoms with Gasteiger partial charge in [0.15, 0.2) is 16.8 Å². The van der Waals surface area contributed by atoms with Gasteiger partial charge >= 0.3 is 6.09 Å². The number of anilines is 3. The minimum Gasteiger partial charge on any atom is -0.485 e. The molecule has 1 amide bonds. The molecule has 4 rings (SSSR count). The normalized spacial score (nSPS) is 17.1. The van der Waals surface area contributed by atoms with Crippen LogP contribution in [0.2, 0.25) is 10.2 Å². The van der Waals surface area contributed by atoms with E-state index in [2.05, 4.69) is 25.2 Å². The summed E-state index contributed by atoms with van der Waals surface area (Å²) in [5.74, 6) is 1.65. The van der Waals surface area contributed by atoms with Gasteiger partial charge in [-0.15, -0.1) is 0 Å². The number of carboxylic acid groups (broad SMARTS) is 1. The Morgan fingerprint density at radius 3 is 2.71 bits per heavy atom. The third-order valence-corrected chi connectivity index (χ3v) is 5.51. The lowest BCUT2D eigenvalue weighted by molar-refractivity contribution is 0.130. The molecule has 11 heteroatoms. The zero-order valence-corrected chi connectivity index (χ0v) is 16.3. The smallest absolute Gasteiger partial charge is 0.407 e. The molecule has 148 valence electrons. The minimum absolute atomic E-state index is 0.187. The van der Waals surface area contributed by atoms with Crippen molar-refractivity contribution >= 4 is 46.6 Å². The van der Waals surface area contributed by atoms with Crippen molar-refractivity contribution in [3.8, 4) is 5.75 Å². The summed E-state index contributed by atoms with van der Waals surface area (Å²) in [6.45, 7) is 2.16. The first-order valence-corrected chi connectivity index (χ1v) is 9.59. The van der Waals surface area contributed by atoms with E-state index in [4.69, 9.17) is 33.0 Å². The molecule has 0 radical (unpaired) electrons. The standard InChI is InChI=1S/C17H18Cl2N6O3/c18-11-1-4-20-14(19)12(11)23-15-13-16(22-9-21-15)25(7-8-28-13)10-2-5-24(6-3-10)17(26)27/h1,4,9-10H,2-3,5-8H2,(H,26,27)(H,21,22,23). The van der Waals surface area contributed by atoms with Gasteiger partial charge in [0.1, 0.15) is 12.9 Å². The average Bonchev–Trinajstić information content (AvgIpc) is 2.70. The van der Waals surface area contributed by atoms with E-state index in [-0.39, 0.29) is 11.2 Å². The third-order valence-electron chi connectivity index (χ3n) is 4.91. The van der Waals surface area contributed by atoms with Gasteiger partial charge in [0.2, 0.25) is 5.75 Å². The molecular formula is C17H18Cl2N6O3. The molecule has 1 saturated heterocycles. The van der Waals surface area contributed by atoms with Gasteiger partial charge < -0.3 is 25.0 Å². The number of aromatic nitrogens is 3. The SMILES string of the molecule is O=C(O)N1CCC(N2CCOc3c(Nc4c(Cl)ccnc4Cl)ncnc32)CC1. The predicted molar refractivity (Wildman–Crippen MR) is 105 cm³/mol. The maximum Gasteiger partial charge on any atom is 0.407 e. The molecule has 4 heterocycles.